The lowest BCUT2D eigenvalue weighted by Crippen LogP contribution is -1.94. The number of aromatic nitrogens is 2. The van der Waals surface area contributed by atoms with Gasteiger partial charge in [0.05, 0.1) is 0 Å². The molecule has 0 saturated heterocycles. The van der Waals surface area contributed by atoms with Crippen LogP contribution in [0.4, 0.5) is 11.7 Å². The quantitative estimate of drug-likeness (QED) is 0.845. The lowest BCUT2D eigenvalue weighted by Gasteiger charge is -2.07. The molecule has 90 valence electrons. The minimum atomic E-state index is -0.281. The van der Waals surface area contributed by atoms with Crippen LogP contribution in [0.2, 0.25) is 0 Å². The van der Waals surface area contributed by atoms with E-state index in [0.717, 1.165) is 11.3 Å². The van der Waals surface area contributed by atoms with Crippen LogP contribution in [0.1, 0.15) is 29.3 Å². The maximum absolute atomic E-state index is 5.85. The summed E-state index contributed by atoms with van der Waals surface area (Å²) in [6.07, 6.45) is 0. The van der Waals surface area contributed by atoms with Gasteiger partial charge in [0.25, 0.3) is 0 Å². The number of nitrogens with one attached hydrogen (secondary N) is 1. The van der Waals surface area contributed by atoms with Crippen molar-refractivity contribution in [3.63, 3.8) is 0 Å². The second-order valence-corrected chi connectivity index (χ2v) is 4.59. The zero-order chi connectivity index (χ0) is 12.4. The Labute approximate surface area is 105 Å². The molecule has 0 amide bonds. The number of hydrogen-bond donors (Lipinski definition) is 1. The summed E-state index contributed by atoms with van der Waals surface area (Å²) < 4.78 is 5.38. The number of rotatable bonds is 3. The fourth-order valence-corrected chi connectivity index (χ4v) is 1.54. The molecule has 17 heavy (non-hydrogen) atoms. The summed E-state index contributed by atoms with van der Waals surface area (Å²) in [5, 5.41) is 10.6. The van der Waals surface area contributed by atoms with Crippen molar-refractivity contribution in [3.05, 3.63) is 35.2 Å². The molecule has 2 rings (SSSR count). The number of halogens is 1. The summed E-state index contributed by atoms with van der Waals surface area (Å²) in [6, 6.07) is 6.37. The standard InChI is InChI=1S/C12H14ClN3O/c1-7-5-4-6-10(8(7)2)14-12-16-15-11(17-12)9(3)13/h4-6,9H,1-3H3,(H,14,16). The average molecular weight is 252 g/mol. The Balaban J connectivity index is 2.22. The SMILES string of the molecule is Cc1cccc(Nc2nnc(C(C)Cl)o2)c1C. The molecule has 1 aromatic carbocycles. The molecule has 1 unspecified atom stereocenters. The van der Waals surface area contributed by atoms with Crippen molar-refractivity contribution in [1.82, 2.24) is 10.2 Å². The van der Waals surface area contributed by atoms with Gasteiger partial charge in [-0.3, -0.25) is 0 Å². The van der Waals surface area contributed by atoms with Crippen molar-refractivity contribution in [2.45, 2.75) is 26.1 Å². The zero-order valence-electron chi connectivity index (χ0n) is 9.99. The normalized spacial score (nSPS) is 12.5. The zero-order valence-corrected chi connectivity index (χ0v) is 10.7. The molecular weight excluding hydrogens is 238 g/mol. The summed E-state index contributed by atoms with van der Waals surface area (Å²) >= 11 is 5.85. The lowest BCUT2D eigenvalue weighted by molar-refractivity contribution is 0.510. The van der Waals surface area contributed by atoms with E-state index in [0.29, 0.717) is 11.9 Å². The van der Waals surface area contributed by atoms with Gasteiger partial charge in [-0.1, -0.05) is 17.2 Å². The van der Waals surface area contributed by atoms with Crippen LogP contribution in [0, 0.1) is 13.8 Å². The smallest absolute Gasteiger partial charge is 0.320 e. The van der Waals surface area contributed by atoms with Crippen molar-refractivity contribution in [2.75, 3.05) is 5.32 Å². The third-order valence-corrected chi connectivity index (χ3v) is 2.81. The molecule has 2 aromatic rings. The predicted octanol–water partition coefficient (Wildman–Crippen LogP) is 3.73. The molecule has 1 atom stereocenters. The number of anilines is 2. The van der Waals surface area contributed by atoms with Crippen LogP contribution in [-0.4, -0.2) is 10.2 Å². The largest absolute Gasteiger partial charge is 0.406 e. The molecule has 4 nitrogen and oxygen atoms in total. The molecule has 0 aliphatic carbocycles. The predicted molar refractivity (Wildman–Crippen MR) is 67.8 cm³/mol. The maximum atomic E-state index is 5.85. The first-order valence-electron chi connectivity index (χ1n) is 5.38. The highest BCUT2D eigenvalue weighted by Gasteiger charge is 2.11. The van der Waals surface area contributed by atoms with Gasteiger partial charge in [-0.15, -0.1) is 16.7 Å². The lowest BCUT2D eigenvalue weighted by atomic mass is 10.1. The van der Waals surface area contributed by atoms with Crippen molar-refractivity contribution in [3.8, 4) is 0 Å². The molecule has 0 spiro atoms. The summed E-state index contributed by atoms with van der Waals surface area (Å²) in [5.74, 6) is 0.416. The van der Waals surface area contributed by atoms with E-state index in [9.17, 15) is 0 Å². The second-order valence-electron chi connectivity index (χ2n) is 3.93. The number of aryl methyl sites for hydroxylation is 1. The third-order valence-electron chi connectivity index (χ3n) is 2.63. The van der Waals surface area contributed by atoms with E-state index >= 15 is 0 Å². The van der Waals surface area contributed by atoms with Crippen LogP contribution in [0.25, 0.3) is 0 Å². The van der Waals surface area contributed by atoms with Gasteiger partial charge >= 0.3 is 6.01 Å². The fourth-order valence-electron chi connectivity index (χ4n) is 1.45. The molecule has 1 heterocycles. The van der Waals surface area contributed by atoms with E-state index < -0.39 is 0 Å². The first-order valence-corrected chi connectivity index (χ1v) is 5.82. The van der Waals surface area contributed by atoms with E-state index in [1.54, 1.807) is 6.92 Å². The summed E-state index contributed by atoms with van der Waals surface area (Å²) in [5.41, 5.74) is 3.33. The fraction of sp³-hybridized carbons (Fsp3) is 0.333. The molecule has 0 aliphatic heterocycles. The molecule has 0 bridgehead atoms. The number of alkyl halides is 1. The highest BCUT2D eigenvalue weighted by Crippen LogP contribution is 2.24. The van der Waals surface area contributed by atoms with Gasteiger partial charge in [-0.25, -0.2) is 0 Å². The van der Waals surface area contributed by atoms with E-state index in [2.05, 4.69) is 28.5 Å². The van der Waals surface area contributed by atoms with Crippen LogP contribution in [0.15, 0.2) is 22.6 Å². The minimum absolute atomic E-state index is 0.281. The minimum Gasteiger partial charge on any atom is -0.406 e. The Morgan fingerprint density at radius 3 is 2.71 bits per heavy atom. The van der Waals surface area contributed by atoms with Crippen molar-refractivity contribution in [2.24, 2.45) is 0 Å². The van der Waals surface area contributed by atoms with Crippen LogP contribution >= 0.6 is 11.6 Å². The van der Waals surface area contributed by atoms with Gasteiger partial charge in [0.15, 0.2) is 0 Å². The number of nitrogens with zero attached hydrogens (tertiary/aromatic N) is 2. The Hall–Kier alpha value is -1.55. The highest BCUT2D eigenvalue weighted by molar-refractivity contribution is 6.20. The molecule has 5 heteroatoms. The van der Waals surface area contributed by atoms with Crippen molar-refractivity contribution >= 4 is 23.3 Å². The first-order chi connectivity index (χ1) is 8.08. The molecule has 0 radical (unpaired) electrons. The van der Waals surface area contributed by atoms with Crippen molar-refractivity contribution in [1.29, 1.82) is 0 Å². The van der Waals surface area contributed by atoms with Gasteiger partial charge < -0.3 is 9.73 Å². The Morgan fingerprint density at radius 2 is 2.06 bits per heavy atom. The van der Waals surface area contributed by atoms with E-state index in [-0.39, 0.29) is 5.38 Å². The maximum Gasteiger partial charge on any atom is 0.320 e. The number of benzene rings is 1. The monoisotopic (exact) mass is 251 g/mol. The van der Waals surface area contributed by atoms with E-state index in [1.807, 2.05) is 19.1 Å². The van der Waals surface area contributed by atoms with Gasteiger partial charge in [-0.05, 0) is 38.0 Å². The van der Waals surface area contributed by atoms with E-state index in [4.69, 9.17) is 16.0 Å². The Morgan fingerprint density at radius 1 is 1.29 bits per heavy atom. The average Bonchev–Trinajstić information content (AvgIpc) is 2.73. The summed E-state index contributed by atoms with van der Waals surface area (Å²) in [4.78, 5) is 0. The van der Waals surface area contributed by atoms with E-state index in [1.165, 1.54) is 5.56 Å². The summed E-state index contributed by atoms with van der Waals surface area (Å²) in [6.45, 7) is 5.89. The van der Waals surface area contributed by atoms with Crippen LogP contribution in [0.5, 0.6) is 0 Å². The number of hydrogen-bond acceptors (Lipinski definition) is 4. The van der Waals surface area contributed by atoms with Gasteiger partial charge in [0.1, 0.15) is 5.38 Å². The third kappa shape index (κ3) is 2.58. The van der Waals surface area contributed by atoms with Gasteiger partial charge in [0, 0.05) is 5.69 Å². The van der Waals surface area contributed by atoms with Crippen LogP contribution in [-0.2, 0) is 0 Å². The molecule has 1 N–H and O–H groups in total. The Bertz CT molecular complexity index is 522. The summed E-state index contributed by atoms with van der Waals surface area (Å²) in [7, 11) is 0. The molecule has 0 aliphatic rings. The van der Waals surface area contributed by atoms with Gasteiger partial charge in [-0.2, -0.15) is 0 Å². The molecule has 0 fully saturated rings. The van der Waals surface area contributed by atoms with Crippen LogP contribution in [0.3, 0.4) is 0 Å². The molecular formula is C12H14ClN3O. The highest BCUT2D eigenvalue weighted by atomic mass is 35.5. The van der Waals surface area contributed by atoms with Crippen LogP contribution < -0.4 is 5.32 Å². The second kappa shape index (κ2) is 4.75. The molecule has 1 aromatic heterocycles. The topological polar surface area (TPSA) is 51.0 Å². The molecule has 0 saturated carbocycles. The van der Waals surface area contributed by atoms with Gasteiger partial charge in [0.2, 0.25) is 5.89 Å². The Kier molecular flexibility index (Phi) is 3.33. The van der Waals surface area contributed by atoms with Crippen molar-refractivity contribution < 1.29 is 4.42 Å². The first kappa shape index (κ1) is 11.9.